The summed E-state index contributed by atoms with van der Waals surface area (Å²) in [6, 6.07) is 5.56. The molecule has 10 heteroatoms. The van der Waals surface area contributed by atoms with Crippen LogP contribution in [0.1, 0.15) is 22.3 Å². The molecule has 0 spiro atoms. The SMILES string of the molecule is Cc1cc(C)c(S(=O)(=O)NC(CNCc2ccc(Cl)cc2Cl)C(F)(F)F)c(C)c1. The summed E-state index contributed by atoms with van der Waals surface area (Å²) in [7, 11) is -4.38. The minimum atomic E-state index is -4.78. The molecule has 0 saturated heterocycles. The van der Waals surface area contributed by atoms with Gasteiger partial charge in [0.2, 0.25) is 10.0 Å². The summed E-state index contributed by atoms with van der Waals surface area (Å²) in [6.45, 7) is 4.25. The molecule has 0 aliphatic heterocycles. The number of nitrogens with one attached hydrogen (secondary N) is 2. The number of rotatable bonds is 7. The van der Waals surface area contributed by atoms with Crippen LogP contribution in [0.2, 0.25) is 10.0 Å². The van der Waals surface area contributed by atoms with E-state index >= 15 is 0 Å². The van der Waals surface area contributed by atoms with Crippen LogP contribution in [0.3, 0.4) is 0 Å². The van der Waals surface area contributed by atoms with Gasteiger partial charge in [0.05, 0.1) is 4.90 Å². The Balaban J connectivity index is 2.19. The van der Waals surface area contributed by atoms with Gasteiger partial charge in [0.25, 0.3) is 0 Å². The third kappa shape index (κ3) is 6.33. The third-order valence-corrected chi connectivity index (χ3v) is 6.61. The van der Waals surface area contributed by atoms with Crippen LogP contribution in [0, 0.1) is 20.8 Å². The molecule has 0 bridgehead atoms. The number of hydrogen-bond acceptors (Lipinski definition) is 3. The molecule has 29 heavy (non-hydrogen) atoms. The Bertz CT molecular complexity index is 972. The van der Waals surface area contributed by atoms with Crippen molar-refractivity contribution in [1.29, 1.82) is 0 Å². The van der Waals surface area contributed by atoms with Gasteiger partial charge < -0.3 is 5.32 Å². The van der Waals surface area contributed by atoms with E-state index in [0.29, 0.717) is 26.7 Å². The molecule has 0 aliphatic carbocycles. The van der Waals surface area contributed by atoms with Gasteiger partial charge in [-0.05, 0) is 49.6 Å². The predicted molar refractivity (Wildman–Crippen MR) is 109 cm³/mol. The molecule has 2 aromatic carbocycles. The van der Waals surface area contributed by atoms with Crippen LogP contribution in [-0.2, 0) is 16.6 Å². The van der Waals surface area contributed by atoms with E-state index in [9.17, 15) is 21.6 Å². The third-order valence-electron chi connectivity index (χ3n) is 4.24. The van der Waals surface area contributed by atoms with Gasteiger partial charge >= 0.3 is 6.18 Å². The molecule has 4 nitrogen and oxygen atoms in total. The van der Waals surface area contributed by atoms with Gasteiger partial charge in [-0.15, -0.1) is 0 Å². The zero-order chi connectivity index (χ0) is 22.0. The van der Waals surface area contributed by atoms with Crippen molar-refractivity contribution in [3.8, 4) is 0 Å². The molecular weight excluding hydrogens is 448 g/mol. The van der Waals surface area contributed by atoms with Crippen molar-refractivity contribution in [2.24, 2.45) is 0 Å². The predicted octanol–water partition coefficient (Wildman–Crippen LogP) is 4.92. The summed E-state index contributed by atoms with van der Waals surface area (Å²) in [4.78, 5) is -0.141. The standard InChI is InChI=1S/C19H21Cl2F3N2O2S/c1-11-6-12(2)18(13(3)7-11)29(27,28)26-17(19(22,23)24)10-25-9-14-4-5-15(20)8-16(14)21/h4-8,17,25-26H,9-10H2,1-3H3. The van der Waals surface area contributed by atoms with Gasteiger partial charge in [-0.25, -0.2) is 8.42 Å². The first kappa shape index (κ1) is 24.0. The van der Waals surface area contributed by atoms with Crippen LogP contribution in [0.25, 0.3) is 0 Å². The van der Waals surface area contributed by atoms with Crippen LogP contribution >= 0.6 is 23.2 Å². The Morgan fingerprint density at radius 1 is 1.03 bits per heavy atom. The summed E-state index contributed by atoms with van der Waals surface area (Å²) in [6.07, 6.45) is -4.78. The largest absolute Gasteiger partial charge is 0.406 e. The Kier molecular flexibility index (Phi) is 7.62. The van der Waals surface area contributed by atoms with Crippen LogP contribution in [0.15, 0.2) is 35.2 Å². The minimum absolute atomic E-state index is 0.0207. The Morgan fingerprint density at radius 3 is 2.14 bits per heavy atom. The van der Waals surface area contributed by atoms with Crippen molar-refractivity contribution in [3.05, 3.63) is 62.6 Å². The van der Waals surface area contributed by atoms with Crippen LogP contribution < -0.4 is 10.0 Å². The molecule has 0 heterocycles. The van der Waals surface area contributed by atoms with Crippen molar-refractivity contribution < 1.29 is 21.6 Å². The molecule has 2 aromatic rings. The quantitative estimate of drug-likeness (QED) is 0.606. The molecule has 160 valence electrons. The Morgan fingerprint density at radius 2 is 1.62 bits per heavy atom. The van der Waals surface area contributed by atoms with Crippen LogP contribution in [0.4, 0.5) is 13.2 Å². The fourth-order valence-corrected chi connectivity index (χ4v) is 5.23. The fourth-order valence-electron chi connectivity index (χ4n) is 3.08. The molecule has 1 unspecified atom stereocenters. The molecule has 0 amide bonds. The Labute approximate surface area is 178 Å². The number of hydrogen-bond donors (Lipinski definition) is 2. The van der Waals surface area contributed by atoms with Gasteiger partial charge in [0.1, 0.15) is 6.04 Å². The van der Waals surface area contributed by atoms with E-state index in [1.54, 1.807) is 49.8 Å². The van der Waals surface area contributed by atoms with Gasteiger partial charge in [-0.3, -0.25) is 0 Å². The summed E-state index contributed by atoms with van der Waals surface area (Å²) >= 11 is 11.8. The second-order valence-corrected chi connectivity index (χ2v) is 9.30. The molecular formula is C19H21Cl2F3N2O2S. The fraction of sp³-hybridized carbons (Fsp3) is 0.368. The lowest BCUT2D eigenvalue weighted by molar-refractivity contribution is -0.150. The van der Waals surface area contributed by atoms with Crippen molar-refractivity contribution in [2.75, 3.05) is 6.54 Å². The molecule has 2 N–H and O–H groups in total. The van der Waals surface area contributed by atoms with Gasteiger partial charge in [-0.1, -0.05) is 47.0 Å². The van der Waals surface area contributed by atoms with E-state index in [-0.39, 0.29) is 11.4 Å². The normalized spacial score (nSPS) is 13.5. The highest BCUT2D eigenvalue weighted by Crippen LogP contribution is 2.26. The maximum absolute atomic E-state index is 13.5. The van der Waals surface area contributed by atoms with Crippen LogP contribution in [0.5, 0.6) is 0 Å². The van der Waals surface area contributed by atoms with Crippen molar-refractivity contribution >= 4 is 33.2 Å². The van der Waals surface area contributed by atoms with Crippen LogP contribution in [-0.4, -0.2) is 27.2 Å². The number of benzene rings is 2. The lowest BCUT2D eigenvalue weighted by Crippen LogP contribution is -2.51. The van der Waals surface area contributed by atoms with E-state index in [1.807, 2.05) is 0 Å². The highest BCUT2D eigenvalue weighted by atomic mass is 35.5. The second-order valence-electron chi connectivity index (χ2n) is 6.81. The van der Waals surface area contributed by atoms with Gasteiger partial charge in [-0.2, -0.15) is 17.9 Å². The number of halogens is 5. The second kappa shape index (κ2) is 9.22. The first-order chi connectivity index (χ1) is 13.3. The van der Waals surface area contributed by atoms with E-state index in [1.165, 1.54) is 6.07 Å². The number of aryl methyl sites for hydroxylation is 3. The topological polar surface area (TPSA) is 58.2 Å². The number of sulfonamides is 1. The van der Waals surface area contributed by atoms with Gasteiger partial charge in [0.15, 0.2) is 0 Å². The molecule has 1 atom stereocenters. The average Bonchev–Trinajstić information content (AvgIpc) is 2.53. The monoisotopic (exact) mass is 468 g/mol. The van der Waals surface area contributed by atoms with Gasteiger partial charge in [0, 0.05) is 23.1 Å². The molecule has 0 fully saturated rings. The molecule has 0 radical (unpaired) electrons. The highest BCUT2D eigenvalue weighted by molar-refractivity contribution is 7.89. The zero-order valence-electron chi connectivity index (χ0n) is 16.0. The average molecular weight is 469 g/mol. The molecule has 0 aliphatic rings. The first-order valence-electron chi connectivity index (χ1n) is 8.63. The van der Waals surface area contributed by atoms with Crippen molar-refractivity contribution in [1.82, 2.24) is 10.0 Å². The maximum atomic E-state index is 13.5. The lowest BCUT2D eigenvalue weighted by Gasteiger charge is -2.23. The Hall–Kier alpha value is -1.32. The first-order valence-corrected chi connectivity index (χ1v) is 10.9. The number of alkyl halides is 3. The smallest absolute Gasteiger partial charge is 0.311 e. The van der Waals surface area contributed by atoms with E-state index in [4.69, 9.17) is 23.2 Å². The lowest BCUT2D eigenvalue weighted by atomic mass is 10.1. The molecule has 2 rings (SSSR count). The van der Waals surface area contributed by atoms with Crippen molar-refractivity contribution in [2.45, 2.75) is 44.4 Å². The summed E-state index contributed by atoms with van der Waals surface area (Å²) in [5, 5.41) is 3.32. The molecule has 0 saturated carbocycles. The summed E-state index contributed by atoms with van der Waals surface area (Å²) in [5.74, 6) is 0. The van der Waals surface area contributed by atoms with E-state index in [2.05, 4.69) is 5.32 Å². The van der Waals surface area contributed by atoms with Crippen molar-refractivity contribution in [3.63, 3.8) is 0 Å². The molecule has 0 aromatic heterocycles. The summed E-state index contributed by atoms with van der Waals surface area (Å²) in [5.41, 5.74) is 2.14. The zero-order valence-corrected chi connectivity index (χ0v) is 18.3. The summed E-state index contributed by atoms with van der Waals surface area (Å²) < 4.78 is 67.6. The highest BCUT2D eigenvalue weighted by Gasteiger charge is 2.42. The van der Waals surface area contributed by atoms with E-state index < -0.39 is 28.8 Å². The maximum Gasteiger partial charge on any atom is 0.406 e. The minimum Gasteiger partial charge on any atom is -0.311 e. The van der Waals surface area contributed by atoms with E-state index in [0.717, 1.165) is 5.56 Å².